The number of rotatable bonds is 7. The monoisotopic (exact) mass is 505 g/mol. The molecule has 6 nitrogen and oxygen atoms in total. The van der Waals surface area contributed by atoms with Crippen molar-refractivity contribution in [2.75, 3.05) is 12.0 Å². The molecule has 4 rings (SSSR count). The quantitative estimate of drug-likeness (QED) is 0.414. The molecule has 1 saturated carbocycles. The van der Waals surface area contributed by atoms with Gasteiger partial charge in [0.05, 0.1) is 17.8 Å². The first-order valence-corrected chi connectivity index (χ1v) is 13.4. The fraction of sp³-hybridized carbons (Fsp3) is 0.414. The largest absolute Gasteiger partial charge is 0.497 e. The van der Waals surface area contributed by atoms with Gasteiger partial charge >= 0.3 is 0 Å². The number of ether oxygens (including phenoxy) is 1. The predicted octanol–water partition coefficient (Wildman–Crippen LogP) is 6.22. The van der Waals surface area contributed by atoms with Crippen LogP contribution in [0.5, 0.6) is 5.75 Å². The topological polar surface area (TPSA) is 71.5 Å². The third kappa shape index (κ3) is 5.78. The second-order valence-corrected chi connectivity index (χ2v) is 10.9. The van der Waals surface area contributed by atoms with E-state index < -0.39 is 6.04 Å². The maximum Gasteiger partial charge on any atom is 0.271 e. The van der Waals surface area contributed by atoms with Crippen LogP contribution >= 0.6 is 11.3 Å². The van der Waals surface area contributed by atoms with Crippen LogP contribution in [0.1, 0.15) is 75.2 Å². The van der Waals surface area contributed by atoms with Crippen LogP contribution in [-0.2, 0) is 4.79 Å². The maximum atomic E-state index is 14.2. The molecule has 0 aliphatic heterocycles. The number of methoxy groups -OCH3 is 1. The molecule has 1 fully saturated rings. The Morgan fingerprint density at radius 2 is 1.64 bits per heavy atom. The Morgan fingerprint density at radius 3 is 2.19 bits per heavy atom. The van der Waals surface area contributed by atoms with E-state index in [0.717, 1.165) is 47.4 Å². The number of carbonyl (C=O) groups is 2. The van der Waals surface area contributed by atoms with Crippen molar-refractivity contribution in [1.82, 2.24) is 10.3 Å². The second-order valence-electron chi connectivity index (χ2n) is 9.69. The lowest BCUT2D eigenvalue weighted by atomic mass is 9.94. The fourth-order valence-electron chi connectivity index (χ4n) is 5.04. The summed E-state index contributed by atoms with van der Waals surface area (Å²) >= 11 is 1.37. The minimum atomic E-state index is -0.840. The molecule has 0 saturated heterocycles. The predicted molar refractivity (Wildman–Crippen MR) is 145 cm³/mol. The molecule has 0 spiro atoms. The molecule has 1 aromatic heterocycles. The van der Waals surface area contributed by atoms with E-state index in [1.807, 2.05) is 64.1 Å². The smallest absolute Gasteiger partial charge is 0.271 e. The van der Waals surface area contributed by atoms with E-state index in [1.54, 1.807) is 12.0 Å². The summed E-state index contributed by atoms with van der Waals surface area (Å²) in [6.45, 7) is 7.75. The standard InChI is InChI=1S/C29H35N3O3S/c1-18-15-19(2)17-24(16-18)32(29(34)27-20(3)30-21(4)36-27)26(22-11-13-25(35-5)14-12-22)28(33)31-23-9-7-6-8-10-23/h11-17,23,26H,6-10H2,1-5H3,(H,31,33)/t26-/m0/s1. The van der Waals surface area contributed by atoms with Crippen molar-refractivity contribution in [2.24, 2.45) is 0 Å². The molecule has 1 atom stereocenters. The Kier molecular flexibility index (Phi) is 8.09. The van der Waals surface area contributed by atoms with Crippen molar-refractivity contribution >= 4 is 28.8 Å². The Bertz CT molecular complexity index is 1210. The van der Waals surface area contributed by atoms with Crippen LogP contribution in [0.15, 0.2) is 42.5 Å². The molecular formula is C29H35N3O3S. The summed E-state index contributed by atoms with van der Waals surface area (Å²) in [5.41, 5.74) is 4.17. The fourth-order valence-corrected chi connectivity index (χ4v) is 5.90. The molecule has 1 heterocycles. The van der Waals surface area contributed by atoms with Gasteiger partial charge in [-0.1, -0.05) is 37.5 Å². The first kappa shape index (κ1) is 25.9. The maximum absolute atomic E-state index is 14.2. The zero-order valence-corrected chi connectivity index (χ0v) is 22.6. The van der Waals surface area contributed by atoms with Gasteiger partial charge in [-0.25, -0.2) is 4.98 Å². The van der Waals surface area contributed by atoms with Gasteiger partial charge in [-0.15, -0.1) is 11.3 Å². The van der Waals surface area contributed by atoms with E-state index in [1.165, 1.54) is 17.8 Å². The van der Waals surface area contributed by atoms with E-state index in [-0.39, 0.29) is 17.9 Å². The number of thiazole rings is 1. The highest BCUT2D eigenvalue weighted by Crippen LogP contribution is 2.34. The number of aryl methyl sites for hydroxylation is 4. The molecule has 36 heavy (non-hydrogen) atoms. The molecule has 2 aromatic carbocycles. The molecule has 0 unspecified atom stereocenters. The second kappa shape index (κ2) is 11.2. The number of hydrogen-bond donors (Lipinski definition) is 1. The van der Waals surface area contributed by atoms with Crippen molar-refractivity contribution in [2.45, 2.75) is 71.9 Å². The molecule has 2 amide bonds. The number of nitrogens with one attached hydrogen (secondary N) is 1. The molecule has 1 aliphatic carbocycles. The highest BCUT2D eigenvalue weighted by molar-refractivity contribution is 7.13. The van der Waals surface area contributed by atoms with Gasteiger partial charge in [-0.2, -0.15) is 0 Å². The number of hydrogen-bond acceptors (Lipinski definition) is 5. The van der Waals surface area contributed by atoms with Crippen LogP contribution < -0.4 is 15.0 Å². The highest BCUT2D eigenvalue weighted by Gasteiger charge is 2.36. The highest BCUT2D eigenvalue weighted by atomic mass is 32.1. The number of carbonyl (C=O) groups excluding carboxylic acids is 2. The van der Waals surface area contributed by atoms with Gasteiger partial charge in [-0.05, 0) is 81.5 Å². The summed E-state index contributed by atoms with van der Waals surface area (Å²) in [4.78, 5) is 35.0. The van der Waals surface area contributed by atoms with E-state index in [0.29, 0.717) is 22.0 Å². The van der Waals surface area contributed by atoms with E-state index >= 15 is 0 Å². The van der Waals surface area contributed by atoms with Crippen LogP contribution in [0.4, 0.5) is 5.69 Å². The summed E-state index contributed by atoms with van der Waals surface area (Å²) in [6, 6.07) is 12.7. The van der Waals surface area contributed by atoms with Gasteiger partial charge < -0.3 is 10.1 Å². The Labute approximate surface area is 217 Å². The number of anilines is 1. The zero-order chi connectivity index (χ0) is 25.8. The SMILES string of the molecule is COc1ccc([C@@H](C(=O)NC2CCCCC2)N(C(=O)c2sc(C)nc2C)c2cc(C)cc(C)c2)cc1. The van der Waals surface area contributed by atoms with Crippen LogP contribution in [0, 0.1) is 27.7 Å². The van der Waals surface area contributed by atoms with Crippen molar-refractivity contribution in [1.29, 1.82) is 0 Å². The average Bonchev–Trinajstić information content (AvgIpc) is 3.19. The molecule has 7 heteroatoms. The molecule has 1 N–H and O–H groups in total. The first-order valence-electron chi connectivity index (χ1n) is 12.6. The van der Waals surface area contributed by atoms with E-state index in [4.69, 9.17) is 4.74 Å². The van der Waals surface area contributed by atoms with Crippen LogP contribution in [-0.4, -0.2) is 29.9 Å². The summed E-state index contributed by atoms with van der Waals surface area (Å²) in [6.07, 6.45) is 5.34. The summed E-state index contributed by atoms with van der Waals surface area (Å²) < 4.78 is 5.36. The Morgan fingerprint density at radius 1 is 1.00 bits per heavy atom. The molecule has 1 aliphatic rings. The summed E-state index contributed by atoms with van der Waals surface area (Å²) in [5, 5.41) is 4.10. The van der Waals surface area contributed by atoms with E-state index in [9.17, 15) is 9.59 Å². The average molecular weight is 506 g/mol. The van der Waals surface area contributed by atoms with Crippen molar-refractivity contribution in [3.8, 4) is 5.75 Å². The van der Waals surface area contributed by atoms with Gasteiger partial charge in [0.2, 0.25) is 5.91 Å². The lowest BCUT2D eigenvalue weighted by molar-refractivity contribution is -0.123. The van der Waals surface area contributed by atoms with Gasteiger partial charge in [-0.3, -0.25) is 14.5 Å². The van der Waals surface area contributed by atoms with Crippen molar-refractivity contribution < 1.29 is 14.3 Å². The Balaban J connectivity index is 1.85. The van der Waals surface area contributed by atoms with Crippen LogP contribution in [0.2, 0.25) is 0 Å². The first-order chi connectivity index (χ1) is 17.3. The number of amides is 2. The third-order valence-corrected chi connectivity index (χ3v) is 7.75. The molecule has 0 bridgehead atoms. The minimum absolute atomic E-state index is 0.121. The number of benzene rings is 2. The number of aromatic nitrogens is 1. The van der Waals surface area contributed by atoms with Crippen LogP contribution in [0.3, 0.4) is 0 Å². The van der Waals surface area contributed by atoms with Gasteiger partial charge in [0.1, 0.15) is 16.7 Å². The zero-order valence-electron chi connectivity index (χ0n) is 21.8. The number of nitrogens with zero attached hydrogens (tertiary/aromatic N) is 2. The minimum Gasteiger partial charge on any atom is -0.497 e. The van der Waals surface area contributed by atoms with E-state index in [2.05, 4.69) is 16.4 Å². The van der Waals surface area contributed by atoms with Gasteiger partial charge in [0.25, 0.3) is 5.91 Å². The Hall–Kier alpha value is -3.19. The third-order valence-electron chi connectivity index (χ3n) is 6.69. The molecule has 190 valence electrons. The molecular weight excluding hydrogens is 470 g/mol. The van der Waals surface area contributed by atoms with Gasteiger partial charge in [0.15, 0.2) is 0 Å². The van der Waals surface area contributed by atoms with Crippen LogP contribution in [0.25, 0.3) is 0 Å². The summed E-state index contributed by atoms with van der Waals surface area (Å²) in [5.74, 6) is 0.310. The molecule has 0 radical (unpaired) electrons. The molecule has 3 aromatic rings. The lowest BCUT2D eigenvalue weighted by Crippen LogP contribution is -2.47. The van der Waals surface area contributed by atoms with Crippen molar-refractivity contribution in [3.63, 3.8) is 0 Å². The lowest BCUT2D eigenvalue weighted by Gasteiger charge is -2.33. The normalized spacial score (nSPS) is 14.8. The summed E-state index contributed by atoms with van der Waals surface area (Å²) in [7, 11) is 1.61. The van der Waals surface area contributed by atoms with Crippen molar-refractivity contribution in [3.05, 3.63) is 74.7 Å². The van der Waals surface area contributed by atoms with Gasteiger partial charge in [0, 0.05) is 11.7 Å².